The highest BCUT2D eigenvalue weighted by atomic mass is 35.5. The van der Waals surface area contributed by atoms with Crippen LogP contribution in [0.2, 0.25) is 5.02 Å². The summed E-state index contributed by atoms with van der Waals surface area (Å²) in [5.41, 5.74) is 0.0387. The molecule has 146 valence electrons. The minimum atomic E-state index is -0.853. The molecule has 0 spiro atoms. The Morgan fingerprint density at radius 2 is 1.71 bits per heavy atom. The normalized spacial score (nSPS) is 9.96. The Morgan fingerprint density at radius 1 is 1.00 bits per heavy atom. The molecule has 1 aromatic carbocycles. The molecule has 0 radical (unpaired) electrons. The maximum Gasteiger partial charge on any atom is 0.357 e. The number of amides is 1. The molecule has 0 aliphatic carbocycles. The Bertz CT molecular complexity index is 930. The van der Waals surface area contributed by atoms with Gasteiger partial charge in [0.05, 0.1) is 31.0 Å². The highest BCUT2D eigenvalue weighted by Crippen LogP contribution is 2.20. The average Bonchev–Trinajstić information content (AvgIpc) is 2.70. The summed E-state index contributed by atoms with van der Waals surface area (Å²) >= 11 is 5.76. The maximum absolute atomic E-state index is 12.1. The van der Waals surface area contributed by atoms with Crippen LogP contribution in [-0.2, 0) is 19.0 Å². The number of aromatic nitrogens is 1. The fourth-order valence-electron chi connectivity index (χ4n) is 2.09. The number of hydrogen-bond acceptors (Lipinski definition) is 8. The third-order valence-corrected chi connectivity index (χ3v) is 3.62. The zero-order chi connectivity index (χ0) is 20.7. The lowest BCUT2D eigenvalue weighted by Gasteiger charge is -2.11. The summed E-state index contributed by atoms with van der Waals surface area (Å²) in [4.78, 5) is 51.3. The first-order chi connectivity index (χ1) is 13.3. The van der Waals surface area contributed by atoms with Crippen LogP contribution in [0.25, 0.3) is 0 Å². The molecule has 2 aromatic rings. The molecular weight excluding hydrogens is 392 g/mol. The zero-order valence-electron chi connectivity index (χ0n) is 14.9. The van der Waals surface area contributed by atoms with Gasteiger partial charge in [0.15, 0.2) is 6.61 Å². The molecule has 0 atom stereocenters. The Hall–Kier alpha value is -3.46. The van der Waals surface area contributed by atoms with E-state index in [-0.39, 0.29) is 27.5 Å². The topological polar surface area (TPSA) is 121 Å². The second kappa shape index (κ2) is 9.47. The SMILES string of the molecule is COC(=O)c1ccc(C(=O)OC)c(NC(=O)COC(=O)c2cc(Cl)ccn2)c1. The molecule has 2 rings (SSSR count). The van der Waals surface area contributed by atoms with E-state index in [9.17, 15) is 19.2 Å². The van der Waals surface area contributed by atoms with Crippen LogP contribution in [0.3, 0.4) is 0 Å². The maximum atomic E-state index is 12.1. The number of hydrogen-bond donors (Lipinski definition) is 1. The van der Waals surface area contributed by atoms with Gasteiger partial charge >= 0.3 is 17.9 Å². The summed E-state index contributed by atoms with van der Waals surface area (Å²) < 4.78 is 14.1. The highest BCUT2D eigenvalue weighted by molar-refractivity contribution is 6.30. The van der Waals surface area contributed by atoms with Gasteiger partial charge in [0, 0.05) is 11.2 Å². The van der Waals surface area contributed by atoms with Gasteiger partial charge in [-0.15, -0.1) is 0 Å². The first-order valence-corrected chi connectivity index (χ1v) is 8.12. The van der Waals surface area contributed by atoms with E-state index >= 15 is 0 Å². The lowest BCUT2D eigenvalue weighted by atomic mass is 10.1. The van der Waals surface area contributed by atoms with Crippen molar-refractivity contribution < 1.29 is 33.4 Å². The molecule has 0 saturated carbocycles. The van der Waals surface area contributed by atoms with Crippen LogP contribution in [0.1, 0.15) is 31.2 Å². The predicted octanol–water partition coefficient (Wildman–Crippen LogP) is 2.10. The van der Waals surface area contributed by atoms with E-state index in [1.165, 1.54) is 50.7 Å². The van der Waals surface area contributed by atoms with Crippen molar-refractivity contribution in [2.75, 3.05) is 26.1 Å². The number of carbonyl (C=O) groups excluding carboxylic acids is 4. The molecule has 0 aliphatic rings. The summed E-state index contributed by atoms with van der Waals surface area (Å²) in [7, 11) is 2.36. The van der Waals surface area contributed by atoms with E-state index in [1.807, 2.05) is 0 Å². The van der Waals surface area contributed by atoms with Crippen LogP contribution < -0.4 is 5.32 Å². The minimum Gasteiger partial charge on any atom is -0.465 e. The number of pyridine rings is 1. The van der Waals surface area contributed by atoms with Crippen LogP contribution in [0, 0.1) is 0 Å². The monoisotopic (exact) mass is 406 g/mol. The number of benzene rings is 1. The van der Waals surface area contributed by atoms with Gasteiger partial charge in [-0.05, 0) is 30.3 Å². The molecule has 1 heterocycles. The van der Waals surface area contributed by atoms with E-state index in [0.717, 1.165) is 0 Å². The van der Waals surface area contributed by atoms with Gasteiger partial charge in [-0.25, -0.2) is 19.4 Å². The van der Waals surface area contributed by atoms with Crippen LogP contribution in [0.15, 0.2) is 36.5 Å². The fourth-order valence-corrected chi connectivity index (χ4v) is 2.25. The summed E-state index contributed by atoms with van der Waals surface area (Å²) in [5.74, 6) is -2.99. The molecule has 1 aromatic heterocycles. The lowest BCUT2D eigenvalue weighted by molar-refractivity contribution is -0.119. The largest absolute Gasteiger partial charge is 0.465 e. The average molecular weight is 407 g/mol. The summed E-state index contributed by atoms with van der Waals surface area (Å²) in [6.45, 7) is -0.657. The van der Waals surface area contributed by atoms with Crippen molar-refractivity contribution in [3.05, 3.63) is 58.4 Å². The molecule has 0 saturated heterocycles. The third kappa shape index (κ3) is 5.27. The first kappa shape index (κ1) is 20.8. The van der Waals surface area contributed by atoms with Crippen LogP contribution in [0.5, 0.6) is 0 Å². The lowest BCUT2D eigenvalue weighted by Crippen LogP contribution is -2.23. The van der Waals surface area contributed by atoms with Crippen molar-refractivity contribution in [2.24, 2.45) is 0 Å². The van der Waals surface area contributed by atoms with Gasteiger partial charge in [-0.1, -0.05) is 11.6 Å². The number of esters is 3. The number of carbonyl (C=O) groups is 4. The van der Waals surface area contributed by atoms with E-state index in [1.54, 1.807) is 0 Å². The standard InChI is InChI=1S/C18H15ClN2O7/c1-26-16(23)10-3-4-12(17(24)27-2)13(7-10)21-15(22)9-28-18(25)14-8-11(19)5-6-20-14/h3-8H,9H2,1-2H3,(H,21,22). The van der Waals surface area contributed by atoms with Gasteiger partial charge in [-0.2, -0.15) is 0 Å². The van der Waals surface area contributed by atoms with Crippen molar-refractivity contribution in [3.8, 4) is 0 Å². The van der Waals surface area contributed by atoms with Crippen molar-refractivity contribution in [1.29, 1.82) is 0 Å². The van der Waals surface area contributed by atoms with Gasteiger partial charge in [-0.3, -0.25) is 4.79 Å². The van der Waals surface area contributed by atoms with Crippen LogP contribution in [0.4, 0.5) is 5.69 Å². The molecule has 9 nitrogen and oxygen atoms in total. The number of methoxy groups -OCH3 is 2. The fraction of sp³-hybridized carbons (Fsp3) is 0.167. The second-order valence-corrected chi connectivity index (χ2v) is 5.66. The molecule has 28 heavy (non-hydrogen) atoms. The molecule has 0 aliphatic heterocycles. The van der Waals surface area contributed by atoms with E-state index in [0.29, 0.717) is 0 Å². The number of rotatable bonds is 6. The number of anilines is 1. The summed E-state index contributed by atoms with van der Waals surface area (Å²) in [5, 5.41) is 2.68. The second-order valence-electron chi connectivity index (χ2n) is 5.23. The molecular formula is C18H15ClN2O7. The van der Waals surface area contributed by atoms with Gasteiger partial charge < -0.3 is 19.5 Å². The van der Waals surface area contributed by atoms with E-state index in [2.05, 4.69) is 19.8 Å². The Labute approximate surface area is 164 Å². The molecule has 0 unspecified atom stereocenters. The van der Waals surface area contributed by atoms with Gasteiger partial charge in [0.25, 0.3) is 5.91 Å². The van der Waals surface area contributed by atoms with Crippen LogP contribution in [-0.4, -0.2) is 49.6 Å². The molecule has 0 bridgehead atoms. The van der Waals surface area contributed by atoms with Gasteiger partial charge in [0.1, 0.15) is 5.69 Å². The highest BCUT2D eigenvalue weighted by Gasteiger charge is 2.18. The Balaban J connectivity index is 2.12. The molecule has 1 amide bonds. The van der Waals surface area contributed by atoms with Crippen molar-refractivity contribution in [1.82, 2.24) is 4.98 Å². The van der Waals surface area contributed by atoms with Crippen LogP contribution >= 0.6 is 11.6 Å². The zero-order valence-corrected chi connectivity index (χ0v) is 15.6. The molecule has 0 fully saturated rings. The Morgan fingerprint density at radius 3 is 2.36 bits per heavy atom. The smallest absolute Gasteiger partial charge is 0.357 e. The molecule has 10 heteroatoms. The Kier molecular flexibility index (Phi) is 7.05. The number of nitrogens with one attached hydrogen (secondary N) is 1. The van der Waals surface area contributed by atoms with E-state index < -0.39 is 30.4 Å². The first-order valence-electron chi connectivity index (χ1n) is 7.75. The number of nitrogens with zero attached hydrogens (tertiary/aromatic N) is 1. The molecule has 1 N–H and O–H groups in total. The van der Waals surface area contributed by atoms with E-state index in [4.69, 9.17) is 16.3 Å². The van der Waals surface area contributed by atoms with Gasteiger partial charge in [0.2, 0.25) is 0 Å². The third-order valence-electron chi connectivity index (χ3n) is 3.39. The summed E-state index contributed by atoms with van der Waals surface area (Å²) in [6, 6.07) is 6.66. The minimum absolute atomic E-state index is 0.00307. The summed E-state index contributed by atoms with van der Waals surface area (Å²) in [6.07, 6.45) is 1.32. The van der Waals surface area contributed by atoms with Crippen molar-refractivity contribution in [3.63, 3.8) is 0 Å². The number of ether oxygens (including phenoxy) is 3. The van der Waals surface area contributed by atoms with Crippen molar-refractivity contribution >= 4 is 41.1 Å². The van der Waals surface area contributed by atoms with Crippen molar-refractivity contribution in [2.45, 2.75) is 0 Å². The number of halogens is 1. The quantitative estimate of drug-likeness (QED) is 0.571. The predicted molar refractivity (Wildman–Crippen MR) is 97.3 cm³/mol.